The van der Waals surface area contributed by atoms with Gasteiger partial charge in [0.1, 0.15) is 11.4 Å². The molecule has 0 aliphatic carbocycles. The van der Waals surface area contributed by atoms with Crippen LogP contribution in [0.2, 0.25) is 0 Å². The van der Waals surface area contributed by atoms with Gasteiger partial charge in [-0.3, -0.25) is 4.79 Å². The first-order valence-corrected chi connectivity index (χ1v) is 9.54. The second-order valence-corrected chi connectivity index (χ2v) is 7.49. The van der Waals surface area contributed by atoms with Crippen LogP contribution < -0.4 is 9.46 Å². The Morgan fingerprint density at radius 2 is 1.86 bits per heavy atom. The number of alkyl halides is 3. The van der Waals surface area contributed by atoms with Gasteiger partial charge in [-0.15, -0.1) is 0 Å². The summed E-state index contributed by atoms with van der Waals surface area (Å²) in [4.78, 5) is 19.5. The van der Waals surface area contributed by atoms with E-state index in [1.54, 1.807) is 6.07 Å². The number of ether oxygens (including phenoxy) is 1. The van der Waals surface area contributed by atoms with E-state index in [2.05, 4.69) is 9.97 Å². The predicted molar refractivity (Wildman–Crippen MR) is 93.4 cm³/mol. The zero-order valence-corrected chi connectivity index (χ0v) is 15.0. The van der Waals surface area contributed by atoms with Crippen molar-refractivity contribution in [1.82, 2.24) is 14.7 Å². The fourth-order valence-electron chi connectivity index (χ4n) is 2.24. The molecule has 0 saturated carbocycles. The van der Waals surface area contributed by atoms with E-state index in [4.69, 9.17) is 4.74 Å². The molecule has 0 bridgehead atoms. The molecule has 0 atom stereocenters. The number of benzene rings is 1. The number of halogens is 3. The molecule has 146 valence electrons. The minimum absolute atomic E-state index is 0.0236. The number of carbonyl (C=O) groups is 1. The highest BCUT2D eigenvalue weighted by molar-refractivity contribution is 7.89. The smallest absolute Gasteiger partial charge is 0.417 e. The predicted octanol–water partition coefficient (Wildman–Crippen LogP) is 3.13. The maximum Gasteiger partial charge on any atom is 0.417 e. The highest BCUT2D eigenvalue weighted by Crippen LogP contribution is 2.30. The van der Waals surface area contributed by atoms with Crippen LogP contribution in [0.25, 0.3) is 10.9 Å². The van der Waals surface area contributed by atoms with Crippen LogP contribution in [0.3, 0.4) is 0 Å². The summed E-state index contributed by atoms with van der Waals surface area (Å²) < 4.78 is 67.2. The third kappa shape index (κ3) is 4.74. The molecule has 0 radical (unpaired) electrons. The molecule has 1 amide bonds. The summed E-state index contributed by atoms with van der Waals surface area (Å²) >= 11 is 0. The van der Waals surface area contributed by atoms with Crippen molar-refractivity contribution in [3.63, 3.8) is 0 Å². The monoisotopic (exact) mass is 411 g/mol. The maximum atomic E-state index is 12.6. The van der Waals surface area contributed by atoms with E-state index in [1.165, 1.54) is 24.3 Å². The van der Waals surface area contributed by atoms with Crippen LogP contribution in [0.1, 0.15) is 16.1 Å². The van der Waals surface area contributed by atoms with E-state index in [0.29, 0.717) is 22.8 Å². The summed E-state index contributed by atoms with van der Waals surface area (Å²) in [6.45, 7) is 0. The van der Waals surface area contributed by atoms with Gasteiger partial charge in [0, 0.05) is 17.6 Å². The van der Waals surface area contributed by atoms with Crippen molar-refractivity contribution in [1.29, 1.82) is 0 Å². The van der Waals surface area contributed by atoms with Crippen molar-refractivity contribution < 1.29 is 31.1 Å². The maximum absolute atomic E-state index is 12.6. The van der Waals surface area contributed by atoms with Gasteiger partial charge in [-0.2, -0.15) is 13.2 Å². The Morgan fingerprint density at radius 3 is 2.46 bits per heavy atom. The highest BCUT2D eigenvalue weighted by atomic mass is 32.2. The van der Waals surface area contributed by atoms with Crippen molar-refractivity contribution >= 4 is 26.8 Å². The molecule has 28 heavy (non-hydrogen) atoms. The molecule has 2 aromatic heterocycles. The van der Waals surface area contributed by atoms with Crippen LogP contribution >= 0.6 is 0 Å². The van der Waals surface area contributed by atoms with Crippen LogP contribution in [-0.4, -0.2) is 30.5 Å². The van der Waals surface area contributed by atoms with E-state index < -0.39 is 27.7 Å². The third-order valence-electron chi connectivity index (χ3n) is 3.46. The summed E-state index contributed by atoms with van der Waals surface area (Å²) in [5.41, 5.74) is -0.577. The normalized spacial score (nSPS) is 12.0. The van der Waals surface area contributed by atoms with Crippen LogP contribution in [0, 0.1) is 0 Å². The first-order chi connectivity index (χ1) is 13.0. The molecule has 0 aliphatic rings. The van der Waals surface area contributed by atoms with Crippen LogP contribution in [-0.2, 0) is 16.2 Å². The second kappa shape index (κ2) is 7.08. The largest absolute Gasteiger partial charge is 0.439 e. The number of hydrogen-bond donors (Lipinski definition) is 1. The van der Waals surface area contributed by atoms with E-state index >= 15 is 0 Å². The molecule has 0 unspecified atom stereocenters. The number of amides is 1. The fraction of sp³-hybridized carbons (Fsp3) is 0.118. The first-order valence-electron chi connectivity index (χ1n) is 7.65. The summed E-state index contributed by atoms with van der Waals surface area (Å²) in [6.07, 6.45) is -2.96. The Morgan fingerprint density at radius 1 is 1.11 bits per heavy atom. The molecule has 2 heterocycles. The number of hydrogen-bond acceptors (Lipinski definition) is 6. The number of carbonyl (C=O) groups excluding carboxylic acids is 1. The quantitative estimate of drug-likeness (QED) is 0.708. The second-order valence-electron chi connectivity index (χ2n) is 5.74. The van der Waals surface area contributed by atoms with Gasteiger partial charge in [-0.1, -0.05) is 6.07 Å². The molecule has 0 spiro atoms. The summed E-state index contributed by atoms with van der Waals surface area (Å²) in [7, 11) is -3.72. The van der Waals surface area contributed by atoms with Gasteiger partial charge in [-0.25, -0.2) is 23.1 Å². The van der Waals surface area contributed by atoms with Crippen molar-refractivity contribution in [2.45, 2.75) is 6.18 Å². The van der Waals surface area contributed by atoms with Crippen molar-refractivity contribution in [2.24, 2.45) is 0 Å². The number of fused-ring (bicyclic) bond motifs is 1. The Labute approximate surface area is 157 Å². The number of nitrogens with zero attached hydrogens (tertiary/aromatic N) is 2. The van der Waals surface area contributed by atoms with Gasteiger partial charge in [0.25, 0.3) is 5.91 Å². The Kier molecular flexibility index (Phi) is 4.94. The van der Waals surface area contributed by atoms with Crippen LogP contribution in [0.5, 0.6) is 11.6 Å². The third-order valence-corrected chi connectivity index (χ3v) is 4.01. The van der Waals surface area contributed by atoms with Gasteiger partial charge in [0.15, 0.2) is 0 Å². The molecule has 0 saturated heterocycles. The SMILES string of the molecule is CS(=O)(=O)NC(=O)c1ccc2cc(Oc3ccc(C(F)(F)F)cn3)ccc2n1. The number of rotatable bonds is 4. The van der Waals surface area contributed by atoms with Gasteiger partial charge >= 0.3 is 6.18 Å². The number of sulfonamides is 1. The summed E-state index contributed by atoms with van der Waals surface area (Å²) in [6, 6.07) is 9.40. The van der Waals surface area contributed by atoms with Crippen LogP contribution in [0.4, 0.5) is 13.2 Å². The molecular formula is C17H12F3N3O4S. The minimum Gasteiger partial charge on any atom is -0.439 e. The average molecular weight is 411 g/mol. The zero-order chi connectivity index (χ0) is 20.5. The van der Waals surface area contributed by atoms with E-state index in [0.717, 1.165) is 18.4 Å². The lowest BCUT2D eigenvalue weighted by atomic mass is 10.2. The minimum atomic E-state index is -4.48. The molecule has 7 nitrogen and oxygen atoms in total. The Balaban J connectivity index is 1.81. The van der Waals surface area contributed by atoms with Crippen molar-refractivity contribution in [2.75, 3.05) is 6.26 Å². The van der Waals surface area contributed by atoms with Gasteiger partial charge < -0.3 is 4.74 Å². The number of aromatic nitrogens is 2. The van der Waals surface area contributed by atoms with Gasteiger partial charge in [-0.05, 0) is 30.3 Å². The molecule has 3 aromatic rings. The number of nitrogens with one attached hydrogen (secondary N) is 1. The lowest BCUT2D eigenvalue weighted by Crippen LogP contribution is -2.29. The number of pyridine rings is 2. The Hall–Kier alpha value is -3.21. The molecule has 11 heteroatoms. The molecule has 3 rings (SSSR count). The molecule has 1 aromatic carbocycles. The standard InChI is InChI=1S/C17H12F3N3O4S/c1-28(25,26)23-16(24)14-5-2-10-8-12(4-6-13(10)22-14)27-15-7-3-11(9-21-15)17(18,19)20/h2-9H,1H3,(H,23,24). The summed E-state index contributed by atoms with van der Waals surface area (Å²) in [5.74, 6) is -0.585. The topological polar surface area (TPSA) is 98.2 Å². The van der Waals surface area contributed by atoms with E-state index in [1.807, 2.05) is 4.72 Å². The van der Waals surface area contributed by atoms with Gasteiger partial charge in [0.2, 0.25) is 15.9 Å². The average Bonchev–Trinajstić information content (AvgIpc) is 2.59. The van der Waals surface area contributed by atoms with E-state index in [-0.39, 0.29) is 11.6 Å². The molecular weight excluding hydrogens is 399 g/mol. The molecule has 1 N–H and O–H groups in total. The molecule has 0 aliphatic heterocycles. The first kappa shape index (κ1) is 19.5. The molecule has 0 fully saturated rings. The van der Waals surface area contributed by atoms with Crippen molar-refractivity contribution in [3.8, 4) is 11.6 Å². The Bertz CT molecular complexity index is 1150. The lowest BCUT2D eigenvalue weighted by Gasteiger charge is -2.09. The van der Waals surface area contributed by atoms with Crippen LogP contribution in [0.15, 0.2) is 48.7 Å². The van der Waals surface area contributed by atoms with E-state index in [9.17, 15) is 26.4 Å². The zero-order valence-electron chi connectivity index (χ0n) is 14.2. The van der Waals surface area contributed by atoms with Crippen molar-refractivity contribution in [3.05, 3.63) is 59.9 Å². The lowest BCUT2D eigenvalue weighted by molar-refractivity contribution is -0.137. The summed E-state index contributed by atoms with van der Waals surface area (Å²) in [5, 5.41) is 0.570. The fourth-order valence-corrected chi connectivity index (χ4v) is 2.68. The highest BCUT2D eigenvalue weighted by Gasteiger charge is 2.30. The van der Waals surface area contributed by atoms with Gasteiger partial charge in [0.05, 0.1) is 17.3 Å².